The van der Waals surface area contributed by atoms with Gasteiger partial charge in [0.05, 0.1) is 24.5 Å². The number of nitrogens with one attached hydrogen (secondary N) is 1. The number of carbonyl (C=O) groups excluding carboxylic acids is 3. The maximum atomic E-state index is 13.4. The molecule has 10 nitrogen and oxygen atoms in total. The van der Waals surface area contributed by atoms with Crippen LogP contribution in [0.1, 0.15) is 28.8 Å². The van der Waals surface area contributed by atoms with Crippen molar-refractivity contribution in [2.45, 2.75) is 31.3 Å². The predicted molar refractivity (Wildman–Crippen MR) is 118 cm³/mol. The van der Waals surface area contributed by atoms with Crippen molar-refractivity contribution in [2.75, 3.05) is 31.2 Å². The third-order valence-electron chi connectivity index (χ3n) is 6.35. The van der Waals surface area contributed by atoms with Crippen LogP contribution in [0.4, 0.5) is 23.7 Å². The Labute approximate surface area is 203 Å². The van der Waals surface area contributed by atoms with Crippen LogP contribution in [-0.4, -0.2) is 70.9 Å². The number of urea groups is 1. The van der Waals surface area contributed by atoms with Crippen molar-refractivity contribution in [3.63, 3.8) is 0 Å². The molecular formula is C23H22F3N5O5. The maximum absolute atomic E-state index is 13.4. The summed E-state index contributed by atoms with van der Waals surface area (Å²) in [7, 11) is 0. The highest BCUT2D eigenvalue weighted by Crippen LogP contribution is 2.50. The van der Waals surface area contributed by atoms with E-state index >= 15 is 0 Å². The third kappa shape index (κ3) is 4.58. The number of carbonyl (C=O) groups is 3. The average Bonchev–Trinajstić information content (AvgIpc) is 3.62. The minimum atomic E-state index is -4.86. The van der Waals surface area contributed by atoms with Crippen LogP contribution in [0.2, 0.25) is 0 Å². The van der Waals surface area contributed by atoms with E-state index in [0.717, 1.165) is 17.0 Å². The number of hydrogen-bond acceptors (Lipinski definition) is 7. The Bertz CT molecular complexity index is 1180. The molecule has 2 saturated heterocycles. The van der Waals surface area contributed by atoms with Gasteiger partial charge in [0, 0.05) is 32.0 Å². The number of halogens is 3. The molecule has 190 valence electrons. The van der Waals surface area contributed by atoms with E-state index in [4.69, 9.17) is 4.74 Å². The minimum Gasteiger partial charge on any atom is -0.406 e. The summed E-state index contributed by atoms with van der Waals surface area (Å²) in [5.74, 6) is -1.30. The Kier molecular flexibility index (Phi) is 6.04. The molecule has 0 bridgehead atoms. The molecule has 1 aromatic heterocycles. The van der Waals surface area contributed by atoms with Crippen LogP contribution < -0.4 is 15.1 Å². The van der Waals surface area contributed by atoms with Gasteiger partial charge in [0.2, 0.25) is 0 Å². The van der Waals surface area contributed by atoms with Crippen LogP contribution in [0.3, 0.4) is 0 Å². The third-order valence-corrected chi connectivity index (χ3v) is 6.35. The number of anilines is 1. The molecule has 36 heavy (non-hydrogen) atoms. The number of rotatable bonds is 6. The predicted octanol–water partition coefficient (Wildman–Crippen LogP) is 2.46. The van der Waals surface area contributed by atoms with Gasteiger partial charge in [0.1, 0.15) is 11.3 Å². The summed E-state index contributed by atoms with van der Waals surface area (Å²) in [4.78, 5) is 46.0. The van der Waals surface area contributed by atoms with Gasteiger partial charge in [-0.15, -0.1) is 13.2 Å². The molecule has 13 heteroatoms. The molecule has 0 unspecified atom stereocenters. The summed E-state index contributed by atoms with van der Waals surface area (Å²) in [5.41, 5.74) is 2.69. The largest absolute Gasteiger partial charge is 0.573 e. The summed E-state index contributed by atoms with van der Waals surface area (Å²) in [5, 5.41) is 1.74. The molecule has 1 N–H and O–H groups in total. The van der Waals surface area contributed by atoms with Crippen molar-refractivity contribution >= 4 is 23.5 Å². The molecule has 3 aliphatic rings. The van der Waals surface area contributed by atoms with E-state index in [2.05, 4.69) is 15.1 Å². The van der Waals surface area contributed by atoms with Crippen molar-refractivity contribution in [1.29, 1.82) is 0 Å². The highest BCUT2D eigenvalue weighted by molar-refractivity contribution is 6.24. The molecule has 1 saturated carbocycles. The Morgan fingerprint density at radius 3 is 2.44 bits per heavy atom. The molecule has 1 aromatic carbocycles. The monoisotopic (exact) mass is 505 g/mol. The van der Waals surface area contributed by atoms with Gasteiger partial charge in [-0.25, -0.2) is 14.7 Å². The van der Waals surface area contributed by atoms with Crippen LogP contribution in [0.5, 0.6) is 5.75 Å². The van der Waals surface area contributed by atoms with E-state index in [9.17, 15) is 27.6 Å². The fraction of sp³-hybridized carbons (Fsp3) is 0.391. The number of hydrazine groups is 1. The number of hydrogen-bond donors (Lipinski definition) is 1. The van der Waals surface area contributed by atoms with Crippen molar-refractivity contribution in [1.82, 2.24) is 20.3 Å². The van der Waals surface area contributed by atoms with Gasteiger partial charge in [-0.2, -0.15) is 0 Å². The average molecular weight is 505 g/mol. The second kappa shape index (κ2) is 9.06. The van der Waals surface area contributed by atoms with Gasteiger partial charge in [-0.05, 0) is 48.7 Å². The molecule has 3 fully saturated rings. The first-order valence-corrected chi connectivity index (χ1v) is 11.3. The first-order valence-electron chi connectivity index (χ1n) is 11.3. The molecule has 2 aromatic rings. The first-order chi connectivity index (χ1) is 17.2. The maximum Gasteiger partial charge on any atom is 0.573 e. The highest BCUT2D eigenvalue weighted by atomic mass is 19.4. The molecule has 0 radical (unpaired) electrons. The lowest BCUT2D eigenvalue weighted by Gasteiger charge is -2.27. The van der Waals surface area contributed by atoms with Gasteiger partial charge in [0.25, 0.3) is 11.8 Å². The normalized spacial score (nSPS) is 19.6. The number of aromatic nitrogens is 1. The Hall–Kier alpha value is -3.71. The first kappa shape index (κ1) is 24.0. The van der Waals surface area contributed by atoms with E-state index in [1.165, 1.54) is 29.4 Å². The number of imide groups is 1. The summed E-state index contributed by atoms with van der Waals surface area (Å²) < 4.78 is 46.5. The number of alkyl halides is 3. The molecule has 3 heterocycles. The standard InChI is InChI=1S/C23H22F3N5O5/c24-23(25,26)36-17-3-1-16(2-4-17)31-20(33)22(6-7-22)30(21(31)34)14-15-5-8-27-13-18(15)19(32)28-29-9-11-35-12-10-29/h1-5,8,13H,6-7,9-12,14H2,(H,28,32). The molecule has 1 spiro atoms. The number of amides is 4. The van der Waals surface area contributed by atoms with Gasteiger partial charge in [0.15, 0.2) is 0 Å². The zero-order valence-electron chi connectivity index (χ0n) is 19.0. The molecule has 4 amide bonds. The number of pyridine rings is 1. The van der Waals surface area contributed by atoms with E-state index in [1.54, 1.807) is 11.1 Å². The van der Waals surface area contributed by atoms with E-state index < -0.39 is 29.6 Å². The molecular weight excluding hydrogens is 483 g/mol. The van der Waals surface area contributed by atoms with Crippen LogP contribution in [0.25, 0.3) is 0 Å². The minimum absolute atomic E-state index is 0.00920. The fourth-order valence-corrected chi connectivity index (χ4v) is 4.37. The van der Waals surface area contributed by atoms with Crippen molar-refractivity contribution in [3.8, 4) is 5.75 Å². The lowest BCUT2D eigenvalue weighted by Crippen LogP contribution is -2.48. The quantitative estimate of drug-likeness (QED) is 0.602. The number of nitrogens with zero attached hydrogens (tertiary/aromatic N) is 4. The number of benzene rings is 1. The van der Waals surface area contributed by atoms with Crippen molar-refractivity contribution < 1.29 is 37.0 Å². The lowest BCUT2D eigenvalue weighted by atomic mass is 10.1. The van der Waals surface area contributed by atoms with Gasteiger partial charge in [-0.3, -0.25) is 20.0 Å². The smallest absolute Gasteiger partial charge is 0.406 e. The summed E-state index contributed by atoms with van der Waals surface area (Å²) in [6, 6.07) is 5.55. The molecule has 5 rings (SSSR count). The summed E-state index contributed by atoms with van der Waals surface area (Å²) in [6.07, 6.45) is -1.05. The second-order valence-corrected chi connectivity index (χ2v) is 8.66. The second-order valence-electron chi connectivity index (χ2n) is 8.66. The molecule has 2 aliphatic heterocycles. The van der Waals surface area contributed by atoms with Crippen LogP contribution in [-0.2, 0) is 16.1 Å². The van der Waals surface area contributed by atoms with E-state index in [-0.39, 0.29) is 23.7 Å². The number of ether oxygens (including phenoxy) is 2. The Balaban J connectivity index is 1.36. The zero-order chi connectivity index (χ0) is 25.5. The van der Waals surface area contributed by atoms with Gasteiger partial charge >= 0.3 is 12.4 Å². The van der Waals surface area contributed by atoms with Crippen molar-refractivity contribution in [3.05, 3.63) is 53.9 Å². The van der Waals surface area contributed by atoms with Crippen molar-refractivity contribution in [2.24, 2.45) is 0 Å². The summed E-state index contributed by atoms with van der Waals surface area (Å²) >= 11 is 0. The lowest BCUT2D eigenvalue weighted by molar-refractivity contribution is -0.274. The zero-order valence-corrected chi connectivity index (χ0v) is 19.0. The highest BCUT2D eigenvalue weighted by Gasteiger charge is 2.65. The fourth-order valence-electron chi connectivity index (χ4n) is 4.37. The van der Waals surface area contributed by atoms with Crippen LogP contribution in [0.15, 0.2) is 42.7 Å². The molecule has 1 aliphatic carbocycles. The number of morpholine rings is 1. The van der Waals surface area contributed by atoms with E-state index in [0.29, 0.717) is 44.7 Å². The van der Waals surface area contributed by atoms with Crippen LogP contribution in [0, 0.1) is 0 Å². The Morgan fingerprint density at radius 1 is 1.11 bits per heavy atom. The summed E-state index contributed by atoms with van der Waals surface area (Å²) in [6.45, 7) is 2.04. The van der Waals surface area contributed by atoms with Crippen LogP contribution >= 0.6 is 0 Å². The van der Waals surface area contributed by atoms with Gasteiger partial charge in [-0.1, -0.05) is 0 Å². The molecule has 0 atom stereocenters. The Morgan fingerprint density at radius 2 is 1.81 bits per heavy atom. The topological polar surface area (TPSA) is 104 Å². The SMILES string of the molecule is O=C(NN1CCOCC1)c1cnccc1CN1C(=O)N(c2ccc(OC(F)(F)F)cc2)C(=O)C12CC2. The van der Waals surface area contributed by atoms with Gasteiger partial charge < -0.3 is 14.4 Å². The van der Waals surface area contributed by atoms with E-state index in [1.807, 2.05) is 0 Å².